The zero-order chi connectivity index (χ0) is 18.3. The highest BCUT2D eigenvalue weighted by atomic mass is 35.5. The summed E-state index contributed by atoms with van der Waals surface area (Å²) < 4.78 is 16.1. The number of carbonyl (C=O) groups excluding carboxylic acids is 1. The fourth-order valence-electron chi connectivity index (χ4n) is 4.02. The van der Waals surface area contributed by atoms with Crippen LogP contribution in [0.5, 0.6) is 0 Å². The van der Waals surface area contributed by atoms with Gasteiger partial charge in [-0.2, -0.15) is 5.10 Å². The molecular weight excluding hydrogens is 367 g/mol. The molecule has 1 amide bonds. The highest BCUT2D eigenvalue weighted by Gasteiger charge is 2.30. The minimum atomic E-state index is -0.306. The molecule has 2 unspecified atom stereocenters. The van der Waals surface area contributed by atoms with Crippen molar-refractivity contribution in [3.8, 4) is 5.69 Å². The number of piperidine rings is 1. The minimum absolute atomic E-state index is 0. The predicted molar refractivity (Wildman–Crippen MR) is 105 cm³/mol. The van der Waals surface area contributed by atoms with Crippen LogP contribution in [0.2, 0.25) is 0 Å². The van der Waals surface area contributed by atoms with Gasteiger partial charge in [-0.3, -0.25) is 4.79 Å². The molecule has 1 fully saturated rings. The number of nitrogens with one attached hydrogen (secondary N) is 2. The van der Waals surface area contributed by atoms with E-state index in [-0.39, 0.29) is 30.2 Å². The van der Waals surface area contributed by atoms with Gasteiger partial charge in [-0.25, -0.2) is 9.07 Å². The molecule has 146 valence electrons. The van der Waals surface area contributed by atoms with E-state index in [2.05, 4.69) is 22.7 Å². The molecular formula is C20H26ClFN4O. The van der Waals surface area contributed by atoms with Crippen LogP contribution in [0.3, 0.4) is 0 Å². The molecule has 1 aromatic heterocycles. The first-order valence-electron chi connectivity index (χ1n) is 9.43. The van der Waals surface area contributed by atoms with E-state index in [0.29, 0.717) is 17.3 Å². The van der Waals surface area contributed by atoms with Crippen molar-refractivity contribution in [2.45, 2.75) is 45.6 Å². The number of carbonyl (C=O) groups is 1. The lowest BCUT2D eigenvalue weighted by molar-refractivity contribution is 0.0908. The molecule has 5 nitrogen and oxygen atoms in total. The average Bonchev–Trinajstić information content (AvgIpc) is 3.20. The predicted octanol–water partition coefficient (Wildman–Crippen LogP) is 2.96. The Kier molecular flexibility index (Phi) is 5.86. The van der Waals surface area contributed by atoms with Gasteiger partial charge < -0.3 is 10.6 Å². The number of aryl methyl sites for hydroxylation is 1. The van der Waals surface area contributed by atoms with Crippen molar-refractivity contribution < 1.29 is 9.18 Å². The summed E-state index contributed by atoms with van der Waals surface area (Å²) in [5.74, 6) is -0.0147. The fraction of sp³-hybridized carbons (Fsp3) is 0.500. The summed E-state index contributed by atoms with van der Waals surface area (Å²) in [4.78, 5) is 12.9. The minimum Gasteiger partial charge on any atom is -0.346 e. The number of hydrogen-bond acceptors (Lipinski definition) is 3. The topological polar surface area (TPSA) is 59.0 Å². The molecule has 0 bridgehead atoms. The van der Waals surface area contributed by atoms with Gasteiger partial charge in [-0.1, -0.05) is 13.0 Å². The lowest BCUT2D eigenvalue weighted by Gasteiger charge is -2.30. The van der Waals surface area contributed by atoms with Crippen LogP contribution in [0, 0.1) is 18.7 Å². The van der Waals surface area contributed by atoms with Crippen LogP contribution in [0.15, 0.2) is 18.2 Å². The van der Waals surface area contributed by atoms with Crippen LogP contribution in [0.4, 0.5) is 4.39 Å². The number of nitrogens with zero attached hydrogens (tertiary/aromatic N) is 2. The van der Waals surface area contributed by atoms with Crippen molar-refractivity contribution in [1.29, 1.82) is 0 Å². The summed E-state index contributed by atoms with van der Waals surface area (Å²) in [5.41, 5.74) is 3.68. The van der Waals surface area contributed by atoms with E-state index in [1.54, 1.807) is 10.7 Å². The number of aromatic nitrogens is 2. The maximum atomic E-state index is 14.5. The van der Waals surface area contributed by atoms with E-state index in [4.69, 9.17) is 0 Å². The molecule has 2 N–H and O–H groups in total. The number of hydrogen-bond donors (Lipinski definition) is 2. The third-order valence-electron chi connectivity index (χ3n) is 5.62. The van der Waals surface area contributed by atoms with E-state index >= 15 is 0 Å². The van der Waals surface area contributed by atoms with Crippen molar-refractivity contribution >= 4 is 18.3 Å². The van der Waals surface area contributed by atoms with Crippen LogP contribution >= 0.6 is 12.4 Å². The third kappa shape index (κ3) is 3.73. The summed E-state index contributed by atoms with van der Waals surface area (Å²) >= 11 is 0. The van der Waals surface area contributed by atoms with Gasteiger partial charge in [0, 0.05) is 23.8 Å². The van der Waals surface area contributed by atoms with E-state index in [1.165, 1.54) is 6.07 Å². The first-order valence-corrected chi connectivity index (χ1v) is 9.43. The first kappa shape index (κ1) is 19.8. The quantitative estimate of drug-likeness (QED) is 0.844. The standard InChI is InChI=1S/C20H25FN4O.ClH/c1-12-6-7-18(15(21)10-12)25-17-5-3-4-14(17)19(24-25)20(26)23-16-11-22-9-8-13(16)2;/h6-7,10,13,16,22H,3-5,8-9,11H2,1-2H3,(H,23,26);1H. The Morgan fingerprint density at radius 1 is 1.37 bits per heavy atom. The molecule has 1 aromatic carbocycles. The maximum Gasteiger partial charge on any atom is 0.272 e. The van der Waals surface area contributed by atoms with Crippen LogP contribution in [0.25, 0.3) is 5.69 Å². The molecule has 1 aliphatic heterocycles. The molecule has 1 saturated heterocycles. The number of amides is 1. The summed E-state index contributed by atoms with van der Waals surface area (Å²) in [5, 5.41) is 11.0. The summed E-state index contributed by atoms with van der Waals surface area (Å²) in [7, 11) is 0. The number of halogens is 2. The van der Waals surface area contributed by atoms with Gasteiger partial charge in [0.15, 0.2) is 5.69 Å². The van der Waals surface area contributed by atoms with Gasteiger partial charge in [0.1, 0.15) is 11.5 Å². The fourth-order valence-corrected chi connectivity index (χ4v) is 4.02. The Labute approximate surface area is 165 Å². The molecule has 7 heteroatoms. The zero-order valence-electron chi connectivity index (χ0n) is 15.7. The molecule has 0 spiro atoms. The lowest BCUT2D eigenvalue weighted by atomic mass is 9.94. The molecule has 1 aliphatic carbocycles. The van der Waals surface area contributed by atoms with Crippen LogP contribution < -0.4 is 10.6 Å². The van der Waals surface area contributed by atoms with Crippen molar-refractivity contribution in [2.24, 2.45) is 5.92 Å². The van der Waals surface area contributed by atoms with Gasteiger partial charge in [-0.05, 0) is 62.8 Å². The summed E-state index contributed by atoms with van der Waals surface area (Å²) in [6.07, 6.45) is 3.67. The average molecular weight is 393 g/mol. The Morgan fingerprint density at radius 3 is 2.93 bits per heavy atom. The van der Waals surface area contributed by atoms with Gasteiger partial charge in [0.2, 0.25) is 0 Å². The largest absolute Gasteiger partial charge is 0.346 e. The van der Waals surface area contributed by atoms with Crippen LogP contribution in [-0.4, -0.2) is 34.8 Å². The van der Waals surface area contributed by atoms with Gasteiger partial charge >= 0.3 is 0 Å². The summed E-state index contributed by atoms with van der Waals surface area (Å²) in [6, 6.07) is 5.23. The van der Waals surface area contributed by atoms with Crippen LogP contribution in [-0.2, 0) is 12.8 Å². The summed E-state index contributed by atoms with van der Waals surface area (Å²) in [6.45, 7) is 5.79. The third-order valence-corrected chi connectivity index (χ3v) is 5.62. The lowest BCUT2D eigenvalue weighted by Crippen LogP contribution is -2.50. The zero-order valence-corrected chi connectivity index (χ0v) is 16.5. The van der Waals surface area contributed by atoms with E-state index in [0.717, 1.165) is 55.6 Å². The van der Waals surface area contributed by atoms with E-state index in [9.17, 15) is 9.18 Å². The van der Waals surface area contributed by atoms with E-state index in [1.807, 2.05) is 13.0 Å². The Morgan fingerprint density at radius 2 is 2.19 bits per heavy atom. The van der Waals surface area contributed by atoms with E-state index < -0.39 is 0 Å². The molecule has 0 saturated carbocycles. The second-order valence-corrected chi connectivity index (χ2v) is 7.54. The second kappa shape index (κ2) is 7.98. The SMILES string of the molecule is Cc1ccc(-n2nc(C(=O)NC3CNCCC3C)c3c2CCC3)c(F)c1.Cl. The Bertz CT molecular complexity index is 851. The normalized spacial score (nSPS) is 21.4. The van der Waals surface area contributed by atoms with Crippen molar-refractivity contribution in [1.82, 2.24) is 20.4 Å². The molecule has 0 radical (unpaired) electrons. The Balaban J connectivity index is 0.00000210. The Hall–Kier alpha value is -1.92. The highest BCUT2D eigenvalue weighted by molar-refractivity contribution is 5.94. The van der Waals surface area contributed by atoms with Crippen molar-refractivity contribution in [3.05, 3.63) is 46.5 Å². The maximum absolute atomic E-state index is 14.5. The van der Waals surface area contributed by atoms with Crippen LogP contribution in [0.1, 0.15) is 47.1 Å². The van der Waals surface area contributed by atoms with Gasteiger partial charge in [0.05, 0.1) is 0 Å². The smallest absolute Gasteiger partial charge is 0.272 e. The second-order valence-electron chi connectivity index (χ2n) is 7.54. The number of fused-ring (bicyclic) bond motifs is 1. The molecule has 2 heterocycles. The molecule has 2 atom stereocenters. The van der Waals surface area contributed by atoms with Gasteiger partial charge in [-0.15, -0.1) is 12.4 Å². The highest BCUT2D eigenvalue weighted by Crippen LogP contribution is 2.29. The number of benzene rings is 1. The number of rotatable bonds is 3. The molecule has 4 rings (SSSR count). The monoisotopic (exact) mass is 392 g/mol. The molecule has 2 aromatic rings. The van der Waals surface area contributed by atoms with Gasteiger partial charge in [0.25, 0.3) is 5.91 Å². The molecule has 2 aliphatic rings. The van der Waals surface area contributed by atoms with Crippen molar-refractivity contribution in [2.75, 3.05) is 13.1 Å². The first-order chi connectivity index (χ1) is 12.5. The molecule has 27 heavy (non-hydrogen) atoms. The van der Waals surface area contributed by atoms with Crippen molar-refractivity contribution in [3.63, 3.8) is 0 Å².